The van der Waals surface area contributed by atoms with E-state index in [0.717, 1.165) is 0 Å². The molecule has 0 bridgehead atoms. The van der Waals surface area contributed by atoms with Crippen molar-refractivity contribution in [1.82, 2.24) is 4.90 Å². The van der Waals surface area contributed by atoms with E-state index in [4.69, 9.17) is 4.74 Å². The van der Waals surface area contributed by atoms with Crippen LogP contribution in [-0.2, 0) is 9.59 Å². The van der Waals surface area contributed by atoms with Crippen molar-refractivity contribution in [3.63, 3.8) is 0 Å². The molecule has 0 aliphatic carbocycles. The van der Waals surface area contributed by atoms with Gasteiger partial charge in [-0.25, -0.2) is 9.18 Å². The summed E-state index contributed by atoms with van der Waals surface area (Å²) >= 11 is 0. The molecule has 0 aromatic heterocycles. The number of ether oxygens (including phenoxy) is 1. The maximum absolute atomic E-state index is 13.5. The minimum atomic E-state index is -1.02. The van der Waals surface area contributed by atoms with Gasteiger partial charge < -0.3 is 14.7 Å². The van der Waals surface area contributed by atoms with Crippen molar-refractivity contribution in [2.24, 2.45) is 5.92 Å². The van der Waals surface area contributed by atoms with Gasteiger partial charge in [-0.2, -0.15) is 0 Å². The fraction of sp³-hybridized carbons (Fsp3) is 0.467. The molecule has 1 amide bonds. The van der Waals surface area contributed by atoms with Crippen LogP contribution in [-0.4, -0.2) is 40.6 Å². The summed E-state index contributed by atoms with van der Waals surface area (Å²) in [5, 5.41) is 9.22. The highest BCUT2D eigenvalue weighted by Crippen LogP contribution is 2.26. The van der Waals surface area contributed by atoms with Gasteiger partial charge >= 0.3 is 5.97 Å². The molecule has 21 heavy (non-hydrogen) atoms. The number of carboxylic acid groups (broad SMARTS) is 1. The van der Waals surface area contributed by atoms with Crippen LogP contribution in [0, 0.1) is 11.7 Å². The van der Waals surface area contributed by atoms with Crippen LogP contribution in [0.1, 0.15) is 20.3 Å². The lowest BCUT2D eigenvalue weighted by Crippen LogP contribution is -2.47. The first-order chi connectivity index (χ1) is 9.91. The maximum atomic E-state index is 13.5. The van der Waals surface area contributed by atoms with E-state index < -0.39 is 29.8 Å². The summed E-state index contributed by atoms with van der Waals surface area (Å²) in [7, 11) is 0. The molecular weight excluding hydrogens is 277 g/mol. The van der Waals surface area contributed by atoms with Crippen LogP contribution in [0.15, 0.2) is 24.3 Å². The molecule has 6 heteroatoms. The molecule has 1 aliphatic heterocycles. The normalized spacial score (nSPS) is 22.9. The van der Waals surface area contributed by atoms with E-state index in [2.05, 4.69) is 0 Å². The number of aliphatic carboxylic acids is 1. The minimum Gasteiger partial charge on any atom is -0.480 e. The molecule has 1 fully saturated rings. The Hall–Kier alpha value is -2.11. The summed E-state index contributed by atoms with van der Waals surface area (Å²) in [5.74, 6) is -2.13. The first-order valence-corrected chi connectivity index (χ1v) is 6.86. The van der Waals surface area contributed by atoms with E-state index in [9.17, 15) is 19.1 Å². The summed E-state index contributed by atoms with van der Waals surface area (Å²) < 4.78 is 18.8. The monoisotopic (exact) mass is 295 g/mol. The summed E-state index contributed by atoms with van der Waals surface area (Å²) in [6.07, 6.45) is -0.302. The molecule has 1 aromatic carbocycles. The van der Waals surface area contributed by atoms with Crippen LogP contribution in [0.2, 0.25) is 0 Å². The second-order valence-corrected chi connectivity index (χ2v) is 5.27. The van der Waals surface area contributed by atoms with Crippen molar-refractivity contribution in [1.29, 1.82) is 0 Å². The number of benzene rings is 1. The number of likely N-dealkylation sites (tertiary alicyclic amines) is 1. The Morgan fingerprint density at radius 3 is 2.71 bits per heavy atom. The smallest absolute Gasteiger partial charge is 0.326 e. The summed E-state index contributed by atoms with van der Waals surface area (Å²) in [6.45, 7) is 3.67. The molecule has 0 spiro atoms. The third kappa shape index (κ3) is 3.15. The lowest BCUT2D eigenvalue weighted by atomic mass is 10.0. The van der Waals surface area contributed by atoms with Crippen LogP contribution >= 0.6 is 0 Å². The second kappa shape index (κ2) is 6.11. The van der Waals surface area contributed by atoms with Gasteiger partial charge in [0, 0.05) is 6.54 Å². The number of para-hydroxylation sites is 1. The molecule has 0 radical (unpaired) electrons. The zero-order chi connectivity index (χ0) is 15.6. The van der Waals surface area contributed by atoms with Crippen molar-refractivity contribution in [2.75, 3.05) is 6.54 Å². The topological polar surface area (TPSA) is 66.8 Å². The van der Waals surface area contributed by atoms with Crippen molar-refractivity contribution < 1.29 is 23.8 Å². The predicted octanol–water partition coefficient (Wildman–Crippen LogP) is 1.91. The molecule has 1 aromatic rings. The molecule has 3 unspecified atom stereocenters. The quantitative estimate of drug-likeness (QED) is 0.921. The molecular formula is C15H18FNO4. The van der Waals surface area contributed by atoms with E-state index in [-0.39, 0.29) is 11.7 Å². The molecule has 2 rings (SSSR count). The lowest BCUT2D eigenvalue weighted by molar-refractivity contribution is -0.152. The highest BCUT2D eigenvalue weighted by Gasteiger charge is 2.41. The number of amides is 1. The third-order valence-corrected chi connectivity index (χ3v) is 3.72. The molecule has 1 heterocycles. The van der Waals surface area contributed by atoms with Crippen LogP contribution in [0.25, 0.3) is 0 Å². The van der Waals surface area contributed by atoms with Crippen molar-refractivity contribution in [3.05, 3.63) is 30.1 Å². The van der Waals surface area contributed by atoms with E-state index >= 15 is 0 Å². The van der Waals surface area contributed by atoms with Crippen molar-refractivity contribution in [2.45, 2.75) is 32.4 Å². The molecule has 3 atom stereocenters. The molecule has 114 valence electrons. The number of carbonyl (C=O) groups is 2. The number of halogens is 1. The van der Waals surface area contributed by atoms with Gasteiger partial charge in [-0.15, -0.1) is 0 Å². The van der Waals surface area contributed by atoms with Gasteiger partial charge in [0.2, 0.25) is 0 Å². The van der Waals surface area contributed by atoms with E-state index in [1.165, 1.54) is 30.0 Å². The lowest BCUT2D eigenvalue weighted by Gasteiger charge is -2.26. The SMILES string of the molecule is CC(Oc1ccccc1F)C(=O)N1CCC(C)C1C(=O)O. The van der Waals surface area contributed by atoms with Gasteiger partial charge in [-0.05, 0) is 31.4 Å². The number of hydrogen-bond acceptors (Lipinski definition) is 3. The average Bonchev–Trinajstić information content (AvgIpc) is 2.82. The molecule has 1 aliphatic rings. The zero-order valence-corrected chi connectivity index (χ0v) is 12.0. The summed E-state index contributed by atoms with van der Waals surface area (Å²) in [5.41, 5.74) is 0. The predicted molar refractivity (Wildman–Crippen MR) is 73.4 cm³/mol. The van der Waals surface area contributed by atoms with Gasteiger partial charge in [0.15, 0.2) is 17.7 Å². The highest BCUT2D eigenvalue weighted by atomic mass is 19.1. The van der Waals surface area contributed by atoms with Gasteiger partial charge in [0.25, 0.3) is 5.91 Å². The molecule has 5 nitrogen and oxygen atoms in total. The number of hydrogen-bond donors (Lipinski definition) is 1. The summed E-state index contributed by atoms with van der Waals surface area (Å²) in [6, 6.07) is 4.96. The molecule has 1 saturated heterocycles. The van der Waals surface area contributed by atoms with E-state index in [1.807, 2.05) is 0 Å². The van der Waals surface area contributed by atoms with Crippen LogP contribution in [0.4, 0.5) is 4.39 Å². The minimum absolute atomic E-state index is 0.0162. The zero-order valence-electron chi connectivity index (χ0n) is 12.0. The second-order valence-electron chi connectivity index (χ2n) is 5.27. The summed E-state index contributed by atoms with van der Waals surface area (Å²) in [4.78, 5) is 24.9. The van der Waals surface area contributed by atoms with Gasteiger partial charge in [-0.3, -0.25) is 4.79 Å². The number of carboxylic acids is 1. The van der Waals surface area contributed by atoms with Gasteiger partial charge in [0.1, 0.15) is 6.04 Å². The van der Waals surface area contributed by atoms with Gasteiger partial charge in [-0.1, -0.05) is 19.1 Å². The maximum Gasteiger partial charge on any atom is 0.326 e. The Kier molecular flexibility index (Phi) is 4.45. The number of nitrogens with zero attached hydrogens (tertiary/aromatic N) is 1. The Morgan fingerprint density at radius 2 is 2.10 bits per heavy atom. The van der Waals surface area contributed by atoms with E-state index in [1.54, 1.807) is 13.0 Å². The average molecular weight is 295 g/mol. The largest absolute Gasteiger partial charge is 0.480 e. The van der Waals surface area contributed by atoms with Crippen LogP contribution in [0.3, 0.4) is 0 Å². The van der Waals surface area contributed by atoms with E-state index in [0.29, 0.717) is 13.0 Å². The van der Waals surface area contributed by atoms with Crippen molar-refractivity contribution >= 4 is 11.9 Å². The third-order valence-electron chi connectivity index (χ3n) is 3.72. The Balaban J connectivity index is 2.09. The fourth-order valence-corrected chi connectivity index (χ4v) is 2.59. The Morgan fingerprint density at radius 1 is 1.43 bits per heavy atom. The van der Waals surface area contributed by atoms with Crippen molar-refractivity contribution in [3.8, 4) is 5.75 Å². The van der Waals surface area contributed by atoms with Gasteiger partial charge in [0.05, 0.1) is 0 Å². The molecule has 1 N–H and O–H groups in total. The standard InChI is InChI=1S/C15H18FNO4/c1-9-7-8-17(13(9)15(19)20)14(18)10(2)21-12-6-4-3-5-11(12)16/h3-6,9-10,13H,7-8H2,1-2H3,(H,19,20). The first kappa shape index (κ1) is 15.3. The fourth-order valence-electron chi connectivity index (χ4n) is 2.59. The van der Waals surface area contributed by atoms with Crippen LogP contribution in [0.5, 0.6) is 5.75 Å². The number of carbonyl (C=O) groups excluding carboxylic acids is 1. The highest BCUT2D eigenvalue weighted by molar-refractivity contribution is 5.87. The molecule has 0 saturated carbocycles. The Labute approximate surface area is 122 Å². The number of rotatable bonds is 4. The van der Waals surface area contributed by atoms with Crippen LogP contribution < -0.4 is 4.74 Å². The Bertz CT molecular complexity index is 548. The first-order valence-electron chi connectivity index (χ1n) is 6.86.